The zero-order valence-electron chi connectivity index (χ0n) is 14.6. The Morgan fingerprint density at radius 3 is 2.81 bits per heavy atom. The molecule has 0 saturated carbocycles. The topological polar surface area (TPSA) is 78.3 Å². The number of fused-ring (bicyclic) bond motifs is 3. The third-order valence-electron chi connectivity index (χ3n) is 5.03. The molecule has 0 fully saturated rings. The van der Waals surface area contributed by atoms with E-state index in [-0.39, 0.29) is 11.5 Å². The fraction of sp³-hybridized carbons (Fsp3) is 0.263. The van der Waals surface area contributed by atoms with Crippen LogP contribution in [0.3, 0.4) is 0 Å². The van der Waals surface area contributed by atoms with Crippen LogP contribution in [0, 0.1) is 0 Å². The molecule has 0 saturated heterocycles. The van der Waals surface area contributed by atoms with Crippen LogP contribution in [-0.2, 0) is 24.8 Å². The van der Waals surface area contributed by atoms with Crippen LogP contribution in [0.4, 0.5) is 0 Å². The summed E-state index contributed by atoms with van der Waals surface area (Å²) in [5.74, 6) is -0.307. The minimum atomic E-state index is -0.516. The zero-order chi connectivity index (χ0) is 19.3. The average Bonchev–Trinajstić information content (AvgIpc) is 3.05. The number of amides is 1. The van der Waals surface area contributed by atoms with Crippen molar-refractivity contribution in [2.45, 2.75) is 13.0 Å². The Morgan fingerprint density at radius 1 is 1.33 bits per heavy atom. The van der Waals surface area contributed by atoms with E-state index in [1.54, 1.807) is 30.3 Å². The van der Waals surface area contributed by atoms with E-state index < -0.39 is 6.61 Å². The molecule has 0 bridgehead atoms. The molecule has 0 aliphatic carbocycles. The molecule has 0 unspecified atom stereocenters. The van der Waals surface area contributed by atoms with Gasteiger partial charge in [-0.1, -0.05) is 23.2 Å². The minimum absolute atomic E-state index is 0.106. The van der Waals surface area contributed by atoms with Gasteiger partial charge in [0.1, 0.15) is 6.61 Å². The summed E-state index contributed by atoms with van der Waals surface area (Å²) in [5, 5.41) is 10.9. The molecule has 140 valence electrons. The van der Waals surface area contributed by atoms with Gasteiger partial charge in [0.2, 0.25) is 11.5 Å². The summed E-state index contributed by atoms with van der Waals surface area (Å²) in [6.45, 7) is 0.392. The number of aliphatic hydroxyl groups is 1. The maximum atomic E-state index is 12.0. The maximum absolute atomic E-state index is 12.0. The monoisotopic (exact) mass is 405 g/mol. The maximum Gasteiger partial charge on any atom is 0.250 e. The number of pyridine rings is 1. The third-order valence-corrected chi connectivity index (χ3v) is 5.81. The number of nitrogens with zero attached hydrogens (tertiary/aromatic N) is 2. The summed E-state index contributed by atoms with van der Waals surface area (Å²) in [5.41, 5.74) is 4.24. The number of hydrogen-bond donors (Lipinski definition) is 2. The second kappa shape index (κ2) is 6.71. The molecule has 4 rings (SSSR count). The predicted octanol–water partition coefficient (Wildman–Crippen LogP) is 2.72. The van der Waals surface area contributed by atoms with Gasteiger partial charge in [-0.05, 0) is 23.3 Å². The van der Waals surface area contributed by atoms with E-state index in [1.807, 2.05) is 0 Å². The summed E-state index contributed by atoms with van der Waals surface area (Å²) < 4.78 is 1.50. The highest BCUT2D eigenvalue weighted by Crippen LogP contribution is 2.42. The van der Waals surface area contributed by atoms with Crippen molar-refractivity contribution in [2.75, 3.05) is 13.2 Å². The minimum Gasteiger partial charge on any atom is -0.387 e. The smallest absolute Gasteiger partial charge is 0.250 e. The molecule has 1 aromatic carbocycles. The molecule has 2 aromatic heterocycles. The predicted molar refractivity (Wildman–Crippen MR) is 105 cm³/mol. The van der Waals surface area contributed by atoms with Gasteiger partial charge in [-0.3, -0.25) is 9.59 Å². The molecule has 0 spiro atoms. The van der Waals surface area contributed by atoms with Gasteiger partial charge in [0, 0.05) is 55.5 Å². The van der Waals surface area contributed by atoms with Gasteiger partial charge < -0.3 is 19.6 Å². The van der Waals surface area contributed by atoms with E-state index in [9.17, 15) is 14.7 Å². The normalized spacial score (nSPS) is 13.9. The quantitative estimate of drug-likeness (QED) is 0.687. The molecule has 1 amide bonds. The Kier molecular flexibility index (Phi) is 4.50. The van der Waals surface area contributed by atoms with Crippen LogP contribution in [0.1, 0.15) is 11.3 Å². The van der Waals surface area contributed by atoms with Gasteiger partial charge in [0.25, 0.3) is 0 Å². The van der Waals surface area contributed by atoms with Gasteiger partial charge in [-0.25, -0.2) is 0 Å². The lowest BCUT2D eigenvalue weighted by Gasteiger charge is -2.27. The molecular weight excluding hydrogens is 389 g/mol. The summed E-state index contributed by atoms with van der Waals surface area (Å²) in [6.07, 6.45) is 2.39. The van der Waals surface area contributed by atoms with Crippen LogP contribution in [0.25, 0.3) is 22.0 Å². The number of benzene rings is 1. The first kappa shape index (κ1) is 18.1. The first-order valence-electron chi connectivity index (χ1n) is 8.47. The lowest BCUT2D eigenvalue weighted by molar-refractivity contribution is -0.135. The highest BCUT2D eigenvalue weighted by molar-refractivity contribution is 6.45. The van der Waals surface area contributed by atoms with Crippen LogP contribution in [-0.4, -0.2) is 38.6 Å². The fourth-order valence-electron chi connectivity index (χ4n) is 3.63. The molecule has 3 aromatic rings. The number of nitrogens with one attached hydrogen (secondary N) is 1. The van der Waals surface area contributed by atoms with Crippen LogP contribution >= 0.6 is 23.2 Å². The largest absolute Gasteiger partial charge is 0.387 e. The molecule has 27 heavy (non-hydrogen) atoms. The Balaban J connectivity index is 1.98. The number of halogens is 2. The SMILES string of the molecule is Cn1cc(-c2cc(Cl)c(Cl)c3[nH]c4c(c23)CN(C(=O)CO)CC4)ccc1=O. The van der Waals surface area contributed by atoms with Crippen LogP contribution in [0.15, 0.2) is 29.2 Å². The van der Waals surface area contributed by atoms with Gasteiger partial charge in [0.05, 0.1) is 15.6 Å². The first-order chi connectivity index (χ1) is 12.9. The van der Waals surface area contributed by atoms with Crippen molar-refractivity contribution in [3.05, 3.63) is 56.1 Å². The molecular formula is C19H17Cl2N3O3. The van der Waals surface area contributed by atoms with E-state index in [1.165, 1.54) is 10.6 Å². The molecule has 3 heterocycles. The Hall–Kier alpha value is -2.28. The standard InChI is InChI=1S/C19H17Cl2N3O3/c1-23-7-10(2-3-15(23)26)11-6-13(20)18(21)19-17(11)12-8-24(16(27)9-25)5-4-14(12)22-19/h2-3,6-7,22,25H,4-5,8-9H2,1H3. The van der Waals surface area contributed by atoms with E-state index in [4.69, 9.17) is 23.2 Å². The lowest BCUT2D eigenvalue weighted by Crippen LogP contribution is -2.37. The van der Waals surface area contributed by atoms with Crippen molar-refractivity contribution < 1.29 is 9.90 Å². The highest BCUT2D eigenvalue weighted by Gasteiger charge is 2.27. The highest BCUT2D eigenvalue weighted by atomic mass is 35.5. The Labute approximate surface area is 164 Å². The van der Waals surface area contributed by atoms with E-state index in [2.05, 4.69) is 4.98 Å². The second-order valence-corrected chi connectivity index (χ2v) is 7.43. The molecule has 0 atom stereocenters. The number of aryl methyl sites for hydroxylation is 1. The number of carbonyl (C=O) groups excluding carboxylic acids is 1. The van der Waals surface area contributed by atoms with E-state index in [0.29, 0.717) is 29.6 Å². The van der Waals surface area contributed by atoms with Crippen molar-refractivity contribution in [3.63, 3.8) is 0 Å². The van der Waals surface area contributed by atoms with Crippen molar-refractivity contribution in [1.29, 1.82) is 0 Å². The number of H-pyrrole nitrogens is 1. The summed E-state index contributed by atoms with van der Waals surface area (Å²) in [7, 11) is 1.69. The summed E-state index contributed by atoms with van der Waals surface area (Å²) >= 11 is 12.8. The van der Waals surface area contributed by atoms with Gasteiger partial charge in [-0.2, -0.15) is 0 Å². The Bertz CT molecular complexity index is 1130. The van der Waals surface area contributed by atoms with Crippen molar-refractivity contribution in [3.8, 4) is 11.1 Å². The molecule has 1 aliphatic heterocycles. The summed E-state index contributed by atoms with van der Waals surface area (Å²) in [6, 6.07) is 5.04. The second-order valence-electron chi connectivity index (χ2n) is 6.64. The first-order valence-corrected chi connectivity index (χ1v) is 9.23. The van der Waals surface area contributed by atoms with Gasteiger partial charge >= 0.3 is 0 Å². The fourth-order valence-corrected chi connectivity index (χ4v) is 4.03. The number of carbonyl (C=O) groups is 1. The van der Waals surface area contributed by atoms with Crippen LogP contribution in [0.5, 0.6) is 0 Å². The third kappa shape index (κ3) is 2.94. The van der Waals surface area contributed by atoms with Gasteiger partial charge in [-0.15, -0.1) is 0 Å². The molecule has 8 heteroatoms. The average molecular weight is 406 g/mol. The molecule has 1 aliphatic rings. The van der Waals surface area contributed by atoms with Crippen molar-refractivity contribution in [1.82, 2.24) is 14.5 Å². The molecule has 6 nitrogen and oxygen atoms in total. The zero-order valence-corrected chi connectivity index (χ0v) is 16.1. The van der Waals surface area contributed by atoms with Crippen molar-refractivity contribution >= 4 is 40.0 Å². The number of aliphatic hydroxyl groups excluding tert-OH is 1. The summed E-state index contributed by atoms with van der Waals surface area (Å²) in [4.78, 5) is 28.7. The van der Waals surface area contributed by atoms with Crippen LogP contribution in [0.2, 0.25) is 10.0 Å². The number of aromatic nitrogens is 2. The van der Waals surface area contributed by atoms with Crippen molar-refractivity contribution in [2.24, 2.45) is 7.05 Å². The number of hydrogen-bond acceptors (Lipinski definition) is 3. The van der Waals surface area contributed by atoms with E-state index >= 15 is 0 Å². The van der Waals surface area contributed by atoms with Crippen LogP contribution < -0.4 is 5.56 Å². The molecule has 2 N–H and O–H groups in total. The Morgan fingerprint density at radius 2 is 2.11 bits per heavy atom. The number of rotatable bonds is 2. The van der Waals surface area contributed by atoms with Gasteiger partial charge in [0.15, 0.2) is 0 Å². The van der Waals surface area contributed by atoms with E-state index in [0.717, 1.165) is 33.3 Å². The number of aromatic amines is 1. The lowest BCUT2D eigenvalue weighted by atomic mass is 9.97. The molecule has 0 radical (unpaired) electrons.